The van der Waals surface area contributed by atoms with Gasteiger partial charge in [-0.25, -0.2) is 23.7 Å². The molecule has 4 aliphatic rings. The molecular formula is C42H45F5N8O2. The number of alkyl halides is 3. The van der Waals surface area contributed by atoms with Crippen molar-refractivity contribution in [1.29, 1.82) is 0 Å². The Morgan fingerprint density at radius 2 is 1.75 bits per heavy atom. The Labute approximate surface area is 328 Å². The molecule has 0 bridgehead atoms. The van der Waals surface area contributed by atoms with E-state index in [2.05, 4.69) is 35.7 Å². The number of pyridine rings is 1. The van der Waals surface area contributed by atoms with Crippen molar-refractivity contribution >= 4 is 27.5 Å². The Balaban J connectivity index is 0.000000304. The van der Waals surface area contributed by atoms with Crippen molar-refractivity contribution in [3.8, 4) is 35.5 Å². The minimum atomic E-state index is -4.45. The number of hydrogen-bond acceptors (Lipinski definition) is 10. The molecule has 3 saturated heterocycles. The smallest absolute Gasteiger partial charge is 0.434 e. The second-order valence-corrected chi connectivity index (χ2v) is 14.3. The molecule has 2 aromatic carbocycles. The highest BCUT2D eigenvalue weighted by Gasteiger charge is 2.45. The lowest BCUT2D eigenvalue weighted by Crippen LogP contribution is -2.52. The molecule has 0 spiro atoms. The molecule has 10 nitrogen and oxygen atoms in total. The summed E-state index contributed by atoms with van der Waals surface area (Å²) < 4.78 is 78.4. The predicted octanol–water partition coefficient (Wildman–Crippen LogP) is 7.76. The molecule has 0 aliphatic carbocycles. The number of terminal acetylenes is 1. The quantitative estimate of drug-likeness (QED) is 0.141. The Morgan fingerprint density at radius 1 is 0.965 bits per heavy atom. The summed E-state index contributed by atoms with van der Waals surface area (Å²) >= 11 is 0. The number of benzene rings is 2. The van der Waals surface area contributed by atoms with Crippen molar-refractivity contribution in [1.82, 2.24) is 35.1 Å². The number of aromatic nitrogens is 5. The maximum Gasteiger partial charge on any atom is 0.434 e. The van der Waals surface area contributed by atoms with Gasteiger partial charge < -0.3 is 19.7 Å². The van der Waals surface area contributed by atoms with Gasteiger partial charge in [0.25, 0.3) is 0 Å². The first kappa shape index (κ1) is 40.0. The van der Waals surface area contributed by atoms with Crippen LogP contribution in [0.2, 0.25) is 0 Å². The Morgan fingerprint density at radius 3 is 2.46 bits per heavy atom. The van der Waals surface area contributed by atoms with Gasteiger partial charge in [0, 0.05) is 36.6 Å². The molecule has 3 aromatic heterocycles. The molecule has 57 heavy (non-hydrogen) atoms. The van der Waals surface area contributed by atoms with Crippen LogP contribution < -0.4 is 19.7 Å². The lowest BCUT2D eigenvalue weighted by molar-refractivity contribution is -0.141. The van der Waals surface area contributed by atoms with Gasteiger partial charge in [-0.1, -0.05) is 44.0 Å². The van der Waals surface area contributed by atoms with Gasteiger partial charge in [0.05, 0.1) is 41.7 Å². The average Bonchev–Trinajstić information content (AvgIpc) is 3.82. The highest BCUT2D eigenvalue weighted by molar-refractivity contribution is 6.02. The fourth-order valence-electron chi connectivity index (χ4n) is 8.56. The normalized spacial score (nSPS) is 18.6. The molecule has 4 aliphatic heterocycles. The topological polar surface area (TPSA) is 101 Å². The molecule has 300 valence electrons. The number of nitrogens with zero attached hydrogens (tertiary/aromatic N) is 7. The number of nitrogens with one attached hydrogen (secondary N) is 1. The lowest BCUT2D eigenvalue weighted by atomic mass is 9.94. The largest absolute Gasteiger partial charge is 0.480 e. The fraction of sp³-hybridized carbons (Fsp3) is 0.452. The van der Waals surface area contributed by atoms with E-state index >= 15 is 4.39 Å². The molecule has 1 atom stereocenters. The average molecular weight is 789 g/mol. The molecule has 5 aromatic rings. The molecule has 3 fully saturated rings. The summed E-state index contributed by atoms with van der Waals surface area (Å²) in [6, 6.07) is 8.89. The summed E-state index contributed by atoms with van der Waals surface area (Å²) in [4.78, 5) is 26.0. The van der Waals surface area contributed by atoms with Crippen molar-refractivity contribution in [2.75, 3.05) is 51.3 Å². The van der Waals surface area contributed by atoms with Crippen molar-refractivity contribution in [2.45, 2.75) is 76.6 Å². The van der Waals surface area contributed by atoms with E-state index in [1.165, 1.54) is 13.2 Å². The Kier molecular flexibility index (Phi) is 11.7. The van der Waals surface area contributed by atoms with Gasteiger partial charge in [-0.2, -0.15) is 23.1 Å². The fourth-order valence-corrected chi connectivity index (χ4v) is 8.56. The molecule has 15 heteroatoms. The minimum absolute atomic E-state index is 0.00720. The molecule has 0 saturated carbocycles. The maximum atomic E-state index is 16.9. The van der Waals surface area contributed by atoms with E-state index in [4.69, 9.17) is 26.1 Å². The third kappa shape index (κ3) is 7.77. The zero-order valence-electron chi connectivity index (χ0n) is 32.2. The van der Waals surface area contributed by atoms with Gasteiger partial charge in [-0.05, 0) is 69.5 Å². The summed E-state index contributed by atoms with van der Waals surface area (Å²) in [5.41, 5.74) is 0.608. The SMILES string of the molecule is C#Cc1c(F)ccc2cccc(-c3nc4c5c(nc(OCC67CCCN6CCC7)nc5c3F)N3CCNCC3CCC4)c12.CC.COc1cnc(C(F)(F)F)cn1. The van der Waals surface area contributed by atoms with Crippen LogP contribution in [0.5, 0.6) is 11.9 Å². The van der Waals surface area contributed by atoms with Gasteiger partial charge >= 0.3 is 12.2 Å². The number of hydrogen-bond donors (Lipinski definition) is 1. The maximum absolute atomic E-state index is 16.9. The third-order valence-corrected chi connectivity index (χ3v) is 11.2. The number of anilines is 1. The summed E-state index contributed by atoms with van der Waals surface area (Å²) in [7, 11) is 1.30. The van der Waals surface area contributed by atoms with Gasteiger partial charge in [0.15, 0.2) is 11.5 Å². The van der Waals surface area contributed by atoms with E-state index in [0.717, 1.165) is 88.5 Å². The van der Waals surface area contributed by atoms with Gasteiger partial charge in [0.1, 0.15) is 29.5 Å². The van der Waals surface area contributed by atoms with Crippen LogP contribution in [-0.2, 0) is 12.6 Å². The van der Waals surface area contributed by atoms with Crippen LogP contribution in [0, 0.1) is 24.0 Å². The highest BCUT2D eigenvalue weighted by atomic mass is 19.4. The Hall–Kier alpha value is -5.20. The third-order valence-electron chi connectivity index (χ3n) is 11.2. The zero-order valence-corrected chi connectivity index (χ0v) is 32.2. The number of aryl methyl sites for hydroxylation is 1. The highest BCUT2D eigenvalue weighted by Crippen LogP contribution is 2.42. The van der Waals surface area contributed by atoms with Crippen LogP contribution in [0.15, 0.2) is 42.7 Å². The number of piperazine rings is 1. The first-order valence-electron chi connectivity index (χ1n) is 19.5. The molecule has 1 N–H and O–H groups in total. The van der Waals surface area contributed by atoms with Crippen molar-refractivity contribution in [3.05, 3.63) is 71.3 Å². The van der Waals surface area contributed by atoms with Crippen molar-refractivity contribution in [3.63, 3.8) is 0 Å². The van der Waals surface area contributed by atoms with E-state index in [1.807, 2.05) is 26.0 Å². The van der Waals surface area contributed by atoms with E-state index in [1.54, 1.807) is 12.1 Å². The summed E-state index contributed by atoms with van der Waals surface area (Å²) in [6.07, 6.45) is 9.88. The number of ether oxygens (including phenoxy) is 2. The molecular weight excluding hydrogens is 744 g/mol. The van der Waals surface area contributed by atoms with Gasteiger partial charge in [-0.15, -0.1) is 6.42 Å². The molecule has 1 unspecified atom stereocenters. The van der Waals surface area contributed by atoms with Crippen LogP contribution in [-0.4, -0.2) is 87.8 Å². The second-order valence-electron chi connectivity index (χ2n) is 14.3. The standard InChI is InChI=1S/C34H34F2N6O.C6H5F3N2O.C2H6/c1-2-23-25(35)12-11-21-7-3-9-24(27(21)23)30-29(36)31-28-26(38-30)10-4-8-22-19-37-15-18-42(22)32(28)40-33(39-31)43-20-34-13-5-16-41(34)17-6-14-34;1-12-5-3-10-4(2-11-5)6(7,8)9;1-2/h1,3,7,9,11-12,22,37H,4-6,8,10,13-20H2;2-3H,1H3;1-2H3. The van der Waals surface area contributed by atoms with Gasteiger partial charge in [-0.3, -0.25) is 4.90 Å². The predicted molar refractivity (Wildman–Crippen MR) is 208 cm³/mol. The molecule has 9 rings (SSSR count). The van der Waals surface area contributed by atoms with E-state index in [0.29, 0.717) is 41.4 Å². The van der Waals surface area contributed by atoms with Crippen LogP contribution in [0.25, 0.3) is 32.9 Å². The number of fused-ring (bicyclic) bond motifs is 4. The number of methoxy groups -OCH3 is 1. The molecule has 0 amide bonds. The van der Waals surface area contributed by atoms with E-state index < -0.39 is 23.5 Å². The van der Waals surface area contributed by atoms with Crippen LogP contribution in [0.4, 0.5) is 27.8 Å². The molecule has 0 radical (unpaired) electrons. The first-order chi connectivity index (χ1) is 27.6. The van der Waals surface area contributed by atoms with Crippen molar-refractivity contribution < 1.29 is 31.4 Å². The molecule has 7 heterocycles. The van der Waals surface area contributed by atoms with E-state index in [-0.39, 0.29) is 40.2 Å². The lowest BCUT2D eigenvalue weighted by Gasteiger charge is -2.39. The van der Waals surface area contributed by atoms with Crippen molar-refractivity contribution in [2.24, 2.45) is 0 Å². The minimum Gasteiger partial charge on any atom is -0.480 e. The van der Waals surface area contributed by atoms with Crippen LogP contribution in [0.1, 0.15) is 69.3 Å². The number of rotatable bonds is 5. The van der Waals surface area contributed by atoms with Crippen LogP contribution >= 0.6 is 0 Å². The first-order valence-corrected chi connectivity index (χ1v) is 19.5. The summed E-state index contributed by atoms with van der Waals surface area (Å²) in [5.74, 6) is 2.15. The monoisotopic (exact) mass is 788 g/mol. The second kappa shape index (κ2) is 16.7. The summed E-state index contributed by atoms with van der Waals surface area (Å²) in [6.45, 7) is 9.09. The van der Waals surface area contributed by atoms with E-state index in [9.17, 15) is 17.6 Å². The van der Waals surface area contributed by atoms with Gasteiger partial charge in [0.2, 0.25) is 5.88 Å². The number of halogens is 5. The summed E-state index contributed by atoms with van der Waals surface area (Å²) in [5, 5.41) is 5.35. The zero-order chi connectivity index (χ0) is 40.3. The Bertz CT molecular complexity index is 2270. The van der Waals surface area contributed by atoms with Crippen LogP contribution in [0.3, 0.4) is 0 Å².